The fourth-order valence-corrected chi connectivity index (χ4v) is 3.97. The maximum Gasteiger partial charge on any atom is 0.305 e. The molecule has 0 fully saturated rings. The number of aliphatic imine (C=N–C) groups is 1. The topological polar surface area (TPSA) is 151 Å². The van der Waals surface area contributed by atoms with E-state index in [1.807, 2.05) is 30.3 Å². The summed E-state index contributed by atoms with van der Waals surface area (Å²) in [7, 11) is 0. The third-order valence-electron chi connectivity index (χ3n) is 5.49. The van der Waals surface area contributed by atoms with Crippen molar-refractivity contribution in [1.82, 2.24) is 4.90 Å². The number of carboxylic acid groups (broad SMARTS) is 1. The zero-order valence-electron chi connectivity index (χ0n) is 18.5. The van der Waals surface area contributed by atoms with Gasteiger partial charge < -0.3 is 26.8 Å². The van der Waals surface area contributed by atoms with Gasteiger partial charge in [-0.3, -0.25) is 14.4 Å². The highest BCUT2D eigenvalue weighted by atomic mass is 35.5. The van der Waals surface area contributed by atoms with Crippen LogP contribution in [0.3, 0.4) is 0 Å². The molecule has 0 saturated heterocycles. The number of rotatable bonds is 7. The highest BCUT2D eigenvalue weighted by Gasteiger charge is 2.34. The van der Waals surface area contributed by atoms with Crippen LogP contribution in [0.2, 0.25) is 0 Å². The summed E-state index contributed by atoms with van der Waals surface area (Å²) in [6.07, 6.45) is -0.209. The van der Waals surface area contributed by atoms with Gasteiger partial charge in [0.2, 0.25) is 0 Å². The highest BCUT2D eigenvalue weighted by Crippen LogP contribution is 2.34. The number of benzene rings is 3. The van der Waals surface area contributed by atoms with E-state index < -0.39 is 12.0 Å². The van der Waals surface area contributed by atoms with E-state index in [0.29, 0.717) is 22.5 Å². The third-order valence-corrected chi connectivity index (χ3v) is 5.49. The molecule has 1 heterocycles. The van der Waals surface area contributed by atoms with Crippen LogP contribution in [0.25, 0.3) is 0 Å². The van der Waals surface area contributed by atoms with Crippen molar-refractivity contribution in [3.8, 4) is 0 Å². The lowest BCUT2D eigenvalue weighted by molar-refractivity contribution is -0.138. The third kappa shape index (κ3) is 5.77. The number of nitrogens with two attached hydrogens (primary N) is 2. The van der Waals surface area contributed by atoms with Gasteiger partial charge in [-0.15, -0.1) is 12.4 Å². The lowest BCUT2D eigenvalue weighted by atomic mass is 10.0. The first-order valence-electron chi connectivity index (χ1n) is 10.5. The Morgan fingerprint density at radius 2 is 1.77 bits per heavy atom. The van der Waals surface area contributed by atoms with Crippen molar-refractivity contribution in [2.45, 2.75) is 19.0 Å². The first-order chi connectivity index (χ1) is 16.3. The number of amides is 2. The van der Waals surface area contributed by atoms with Crippen molar-refractivity contribution >= 4 is 47.5 Å². The number of hydrogen-bond acceptors (Lipinski definition) is 4. The molecule has 3 aromatic carbocycles. The van der Waals surface area contributed by atoms with Crippen LogP contribution in [-0.4, -0.2) is 33.7 Å². The van der Waals surface area contributed by atoms with Crippen LogP contribution in [0.15, 0.2) is 77.8 Å². The molecule has 6 N–H and O–H groups in total. The van der Waals surface area contributed by atoms with Crippen LogP contribution in [0, 0.1) is 0 Å². The summed E-state index contributed by atoms with van der Waals surface area (Å²) >= 11 is 0. The van der Waals surface area contributed by atoms with Crippen LogP contribution in [0.1, 0.15) is 44.3 Å². The van der Waals surface area contributed by atoms with Crippen LogP contribution in [-0.2, 0) is 11.3 Å². The SMILES string of the molecule is Cl.NC(N)=Nc1cccc(C(=O)Nc2ccc3c(c2)C(=O)N(C(CC(=O)O)c2ccccc2)C3)c1. The summed E-state index contributed by atoms with van der Waals surface area (Å²) in [6, 6.07) is 20.1. The van der Waals surface area contributed by atoms with Crippen LogP contribution in [0.4, 0.5) is 11.4 Å². The van der Waals surface area contributed by atoms with Gasteiger partial charge in [0, 0.05) is 23.4 Å². The zero-order valence-corrected chi connectivity index (χ0v) is 19.4. The van der Waals surface area contributed by atoms with E-state index >= 15 is 0 Å². The monoisotopic (exact) mass is 493 g/mol. The van der Waals surface area contributed by atoms with Crippen LogP contribution < -0.4 is 16.8 Å². The summed E-state index contributed by atoms with van der Waals surface area (Å²) in [5.41, 5.74) is 14.0. The second-order valence-corrected chi connectivity index (χ2v) is 7.87. The van der Waals surface area contributed by atoms with E-state index in [4.69, 9.17) is 11.5 Å². The molecule has 1 aliphatic heterocycles. The number of guanidine groups is 1. The lowest BCUT2D eigenvalue weighted by Gasteiger charge is -2.27. The molecule has 0 radical (unpaired) electrons. The molecule has 35 heavy (non-hydrogen) atoms. The number of nitrogens with one attached hydrogen (secondary N) is 1. The van der Waals surface area contributed by atoms with Gasteiger partial charge in [-0.25, -0.2) is 4.99 Å². The van der Waals surface area contributed by atoms with Crippen molar-refractivity contribution in [3.05, 3.63) is 95.1 Å². The molecule has 9 nitrogen and oxygen atoms in total. The van der Waals surface area contributed by atoms with Crippen molar-refractivity contribution in [2.24, 2.45) is 16.5 Å². The molecule has 180 valence electrons. The van der Waals surface area contributed by atoms with Gasteiger partial charge >= 0.3 is 5.97 Å². The number of fused-ring (bicyclic) bond motifs is 1. The maximum absolute atomic E-state index is 13.2. The predicted octanol–water partition coefficient (Wildman–Crippen LogP) is 3.44. The second kappa shape index (κ2) is 10.7. The molecule has 0 aliphatic carbocycles. The average Bonchev–Trinajstić information content (AvgIpc) is 3.13. The smallest absolute Gasteiger partial charge is 0.305 e. The number of carboxylic acids is 1. The Labute approximate surface area is 207 Å². The summed E-state index contributed by atoms with van der Waals surface area (Å²) in [6.45, 7) is 0.287. The normalized spacial score (nSPS) is 12.8. The number of carbonyl (C=O) groups excluding carboxylic acids is 2. The Morgan fingerprint density at radius 3 is 2.46 bits per heavy atom. The van der Waals surface area contributed by atoms with Crippen molar-refractivity contribution in [1.29, 1.82) is 0 Å². The van der Waals surface area contributed by atoms with Gasteiger partial charge in [0.25, 0.3) is 11.8 Å². The van der Waals surface area contributed by atoms with E-state index in [0.717, 1.165) is 11.1 Å². The van der Waals surface area contributed by atoms with E-state index in [1.54, 1.807) is 47.4 Å². The minimum absolute atomic E-state index is 0. The summed E-state index contributed by atoms with van der Waals surface area (Å²) in [5, 5.41) is 12.2. The van der Waals surface area contributed by atoms with Gasteiger partial charge in [-0.05, 0) is 41.5 Å². The van der Waals surface area contributed by atoms with E-state index in [9.17, 15) is 19.5 Å². The van der Waals surface area contributed by atoms with Gasteiger partial charge in [-0.1, -0.05) is 42.5 Å². The summed E-state index contributed by atoms with van der Waals surface area (Å²) < 4.78 is 0. The molecular weight excluding hydrogens is 470 g/mol. The first kappa shape index (κ1) is 25.3. The summed E-state index contributed by atoms with van der Waals surface area (Å²) in [4.78, 5) is 43.0. The number of aliphatic carboxylic acids is 1. The number of carbonyl (C=O) groups is 3. The minimum Gasteiger partial charge on any atom is -0.481 e. The molecule has 0 aromatic heterocycles. The van der Waals surface area contributed by atoms with Crippen LogP contribution >= 0.6 is 12.4 Å². The lowest BCUT2D eigenvalue weighted by Crippen LogP contribution is -2.30. The molecule has 1 atom stereocenters. The number of nitrogens with zero attached hydrogens (tertiary/aromatic N) is 2. The van der Waals surface area contributed by atoms with Crippen molar-refractivity contribution in [2.75, 3.05) is 5.32 Å². The molecule has 0 bridgehead atoms. The molecule has 1 unspecified atom stereocenters. The Hall–Kier alpha value is -4.37. The number of anilines is 1. The Morgan fingerprint density at radius 1 is 1.03 bits per heavy atom. The van der Waals surface area contributed by atoms with Gasteiger partial charge in [0.1, 0.15) is 0 Å². The number of halogens is 1. The molecule has 3 aromatic rings. The second-order valence-electron chi connectivity index (χ2n) is 7.87. The van der Waals surface area contributed by atoms with Gasteiger partial charge in [0.15, 0.2) is 5.96 Å². The maximum atomic E-state index is 13.2. The van der Waals surface area contributed by atoms with E-state index in [2.05, 4.69) is 10.3 Å². The fraction of sp³-hybridized carbons (Fsp3) is 0.120. The quantitative estimate of drug-likeness (QED) is 0.292. The van der Waals surface area contributed by atoms with Crippen LogP contribution in [0.5, 0.6) is 0 Å². The largest absolute Gasteiger partial charge is 0.481 e. The Kier molecular flexibility index (Phi) is 7.73. The molecule has 1 aliphatic rings. The van der Waals surface area contributed by atoms with Crippen molar-refractivity contribution < 1.29 is 19.5 Å². The Bertz CT molecular complexity index is 1290. The Balaban J connectivity index is 0.00000342. The van der Waals surface area contributed by atoms with Gasteiger partial charge in [0.05, 0.1) is 18.2 Å². The standard InChI is InChI=1S/C25H23N5O4.ClH/c26-25(27)29-18-8-4-7-16(11-18)23(33)28-19-10-9-17-14-30(24(34)20(17)12-19)21(13-22(31)32)15-5-2-1-3-6-15;/h1-12,21H,13-14H2,(H,28,33)(H,31,32)(H4,26,27,29);1H. The molecular formula is C25H24ClN5O4. The molecule has 0 saturated carbocycles. The summed E-state index contributed by atoms with van der Waals surface area (Å²) in [5.74, 6) is -1.77. The predicted molar refractivity (Wildman–Crippen MR) is 135 cm³/mol. The molecule has 10 heteroatoms. The van der Waals surface area contributed by atoms with E-state index in [-0.39, 0.29) is 43.1 Å². The zero-order chi connectivity index (χ0) is 24.2. The average molecular weight is 494 g/mol. The first-order valence-corrected chi connectivity index (χ1v) is 10.5. The molecule has 4 rings (SSSR count). The fourth-order valence-electron chi connectivity index (χ4n) is 3.97. The molecule has 2 amide bonds. The van der Waals surface area contributed by atoms with E-state index in [1.165, 1.54) is 0 Å². The number of hydrogen-bond donors (Lipinski definition) is 4. The minimum atomic E-state index is -0.992. The highest BCUT2D eigenvalue weighted by molar-refractivity contribution is 6.06. The van der Waals surface area contributed by atoms with Gasteiger partial charge in [-0.2, -0.15) is 0 Å². The molecule has 0 spiro atoms. The van der Waals surface area contributed by atoms with Crippen molar-refractivity contribution in [3.63, 3.8) is 0 Å².